The molecule has 15 nitrogen and oxygen atoms in total. The summed E-state index contributed by atoms with van der Waals surface area (Å²) >= 11 is 20.8. The third-order valence-corrected chi connectivity index (χ3v) is 6.51. The third-order valence-electron chi connectivity index (χ3n) is 5.65. The van der Waals surface area contributed by atoms with E-state index in [2.05, 4.69) is 51.0 Å². The number of fused-ring (bicyclic) bond motifs is 4. The van der Waals surface area contributed by atoms with Gasteiger partial charge in [-0.15, -0.1) is 0 Å². The molecule has 4 aliphatic heterocycles. The van der Waals surface area contributed by atoms with Crippen molar-refractivity contribution >= 4 is 89.1 Å². The minimum atomic E-state index is -1.31. The molecule has 5 rings (SSSR count). The van der Waals surface area contributed by atoms with Crippen LogP contribution < -0.4 is 16.6 Å². The molecule has 8 atom stereocenters. The number of carboxylic acids is 1. The van der Waals surface area contributed by atoms with Crippen LogP contribution in [-0.2, 0) is 23.8 Å². The molecule has 44 heavy (non-hydrogen) atoms. The molecule has 4 aliphatic rings. The first-order valence-corrected chi connectivity index (χ1v) is 14.8. The number of alkyl halides is 6. The molecule has 8 unspecified atom stereocenters. The van der Waals surface area contributed by atoms with Gasteiger partial charge in [0.15, 0.2) is 10.5 Å². The van der Waals surface area contributed by atoms with Crippen molar-refractivity contribution in [2.75, 3.05) is 13.2 Å². The fourth-order valence-electron chi connectivity index (χ4n) is 3.97. The van der Waals surface area contributed by atoms with Crippen LogP contribution in [0.4, 0.5) is 13.6 Å². The molecule has 1 aromatic heterocycles. The van der Waals surface area contributed by atoms with E-state index in [9.17, 15) is 28.0 Å². The second kappa shape index (κ2) is 19.8. The van der Waals surface area contributed by atoms with Crippen LogP contribution in [0.2, 0.25) is 0 Å². The van der Waals surface area contributed by atoms with E-state index in [-0.39, 0.29) is 19.4 Å². The number of aliphatic carboxylic acids is 1. The standard InChI is InChI=1S/C9H10BrFN2O4.C9H11FN2O4.C2H4O2.CHCl3.BHNS/c10-6-7(14)12-9(15)13-5-1-3(11)4(17-5)2-16-8(6)13;10-5-3-8(16-6(5)4-13)12-2-1-7(14)11-9(12)15;1-2(3)4;2-1(3)4;1-2-3/h3-6,8H,1-2H2,(H,12,14,15);1-2,5-6,8,13H,3-4H2,(H,11,14,15);1H3,(H,3,4);1H;3H. The number of hydrogen-bond donors (Lipinski definition) is 5. The van der Waals surface area contributed by atoms with Crippen LogP contribution in [-0.4, -0.2) is 110 Å². The Balaban J connectivity index is 0.000000332. The number of amides is 3. The first-order valence-electron chi connectivity index (χ1n) is 12.1. The van der Waals surface area contributed by atoms with Crippen LogP contribution in [0.15, 0.2) is 26.2 Å². The van der Waals surface area contributed by atoms with Gasteiger partial charge in [0, 0.05) is 32.0 Å². The van der Waals surface area contributed by atoms with E-state index in [1.807, 2.05) is 0 Å². The average Bonchev–Trinajstić information content (AvgIpc) is 3.39. The summed E-state index contributed by atoms with van der Waals surface area (Å²) in [5.74, 6) is -1.29. The Bertz CT molecular complexity index is 1240. The number of imide groups is 1. The number of hydrogen-bond acceptors (Lipinski definition) is 11. The number of ether oxygens (including phenoxy) is 3. The number of nitrogens with zero attached hydrogens (tertiary/aromatic N) is 3. The number of halogens is 6. The number of H-pyrrole nitrogens is 1. The first-order chi connectivity index (χ1) is 20.6. The van der Waals surface area contributed by atoms with Gasteiger partial charge in [-0.1, -0.05) is 50.7 Å². The van der Waals surface area contributed by atoms with Crippen molar-refractivity contribution in [2.24, 2.45) is 4.30 Å². The maximum atomic E-state index is 13.5. The first kappa shape index (κ1) is 40.4. The van der Waals surface area contributed by atoms with Gasteiger partial charge in [-0.2, -0.15) is 0 Å². The quantitative estimate of drug-likeness (QED) is 0.167. The number of nitrogens with one attached hydrogen (secondary N) is 2. The maximum absolute atomic E-state index is 13.5. The van der Waals surface area contributed by atoms with E-state index >= 15 is 0 Å². The molecular weight excluding hydrogens is 749 g/mol. The number of rotatable bonds is 2. The molecule has 4 saturated heterocycles. The van der Waals surface area contributed by atoms with Gasteiger partial charge >= 0.3 is 36.5 Å². The SMILES string of the molecule is CC(=O)O.ClC(Cl)Cl.O=C1NC(=O)N2C3CC(F)C(COC2C1Br)O3.O=c1ccn(C2CC(F)C(CO)O2)c(=O)[nH]1.[B]=NS. The minimum absolute atomic E-state index is 0.0167. The molecule has 0 aliphatic carbocycles. The summed E-state index contributed by atoms with van der Waals surface area (Å²) in [6.07, 6.45) is -4.86. The second-order valence-corrected chi connectivity index (χ2v) is 11.9. The monoisotopic (exact) mass is 774 g/mol. The van der Waals surface area contributed by atoms with E-state index < -0.39 is 88.1 Å². The van der Waals surface area contributed by atoms with Crippen molar-refractivity contribution in [3.8, 4) is 0 Å². The third kappa shape index (κ3) is 12.6. The normalized spacial score (nSPS) is 29.9. The van der Waals surface area contributed by atoms with Crippen molar-refractivity contribution in [3.05, 3.63) is 33.1 Å². The summed E-state index contributed by atoms with van der Waals surface area (Å²) < 4.78 is 45.7. The zero-order valence-corrected chi connectivity index (χ0v) is 27.2. The number of aliphatic hydroxyl groups excluding tert-OH is 1. The Morgan fingerprint density at radius 1 is 1.20 bits per heavy atom. The summed E-state index contributed by atoms with van der Waals surface area (Å²) in [5, 5.41) is 18.4. The van der Waals surface area contributed by atoms with E-state index in [1.54, 1.807) is 0 Å². The number of urea groups is 1. The van der Waals surface area contributed by atoms with Crippen LogP contribution in [0.3, 0.4) is 0 Å². The van der Waals surface area contributed by atoms with Crippen molar-refractivity contribution in [1.82, 2.24) is 19.8 Å². The number of aliphatic hydroxyl groups is 1. The summed E-state index contributed by atoms with van der Waals surface area (Å²) in [5.41, 5.74) is -1.17. The van der Waals surface area contributed by atoms with E-state index in [0.29, 0.717) is 0 Å². The fourth-order valence-corrected chi connectivity index (χ4v) is 4.49. The zero-order valence-electron chi connectivity index (χ0n) is 22.5. The van der Waals surface area contributed by atoms with Crippen LogP contribution in [0.25, 0.3) is 0 Å². The Morgan fingerprint density at radius 3 is 2.25 bits per heavy atom. The van der Waals surface area contributed by atoms with Crippen LogP contribution in [0.1, 0.15) is 26.0 Å². The van der Waals surface area contributed by atoms with Crippen LogP contribution in [0, 0.1) is 0 Å². The predicted molar refractivity (Wildman–Crippen MR) is 160 cm³/mol. The van der Waals surface area contributed by atoms with Gasteiger partial charge in [0.05, 0.1) is 13.2 Å². The number of thiol groups is 1. The van der Waals surface area contributed by atoms with Crippen molar-refractivity contribution in [1.29, 1.82) is 0 Å². The van der Waals surface area contributed by atoms with Crippen LogP contribution >= 0.6 is 63.5 Å². The van der Waals surface area contributed by atoms with E-state index in [1.165, 1.54) is 11.1 Å². The molecule has 5 heterocycles. The molecule has 0 saturated carbocycles. The van der Waals surface area contributed by atoms with Gasteiger partial charge in [0.25, 0.3) is 11.5 Å². The van der Waals surface area contributed by atoms with Crippen molar-refractivity contribution in [3.63, 3.8) is 0 Å². The number of aromatic amines is 1. The second-order valence-electron chi connectivity index (χ2n) is 8.67. The number of carbonyl (C=O) groups excluding carboxylic acids is 2. The molecule has 0 spiro atoms. The topological polar surface area (TPSA) is 202 Å². The molecule has 2 bridgehead atoms. The number of carboxylic acid groups (broad SMARTS) is 1. The van der Waals surface area contributed by atoms with Crippen molar-refractivity contribution < 1.29 is 47.6 Å². The van der Waals surface area contributed by atoms with Crippen LogP contribution in [0.5, 0.6) is 0 Å². The molecular formula is C21H27BBrCl3F2N5O10S. The summed E-state index contributed by atoms with van der Waals surface area (Å²) in [7, 11) is 4.34. The Hall–Kier alpha value is -1.65. The van der Waals surface area contributed by atoms with Gasteiger partial charge in [-0.3, -0.25) is 34.2 Å². The summed E-state index contributed by atoms with van der Waals surface area (Å²) in [6, 6.07) is 0.556. The molecule has 4 fully saturated rings. The zero-order chi connectivity index (χ0) is 33.7. The molecule has 1 radical (unpaired) electrons. The number of carbonyl (C=O) groups is 3. The Kier molecular flexibility index (Phi) is 18.1. The van der Waals surface area contributed by atoms with Gasteiger partial charge in [-0.25, -0.2) is 18.4 Å². The van der Waals surface area contributed by atoms with Gasteiger partial charge in [0.2, 0.25) is 5.91 Å². The van der Waals surface area contributed by atoms with E-state index in [4.69, 9.17) is 64.0 Å². The van der Waals surface area contributed by atoms with Gasteiger partial charge in [0.1, 0.15) is 41.8 Å². The summed E-state index contributed by atoms with van der Waals surface area (Å²) in [6.45, 7) is 0.692. The Labute approximate surface area is 278 Å². The van der Waals surface area contributed by atoms with Crippen molar-refractivity contribution in [2.45, 2.75) is 72.1 Å². The molecule has 1 aromatic rings. The molecule has 0 aromatic carbocycles. The fraction of sp³-hybridized carbons (Fsp3) is 0.667. The van der Waals surface area contributed by atoms with Gasteiger partial charge in [-0.05, 0) is 0 Å². The molecule has 4 N–H and O–H groups in total. The van der Waals surface area contributed by atoms with E-state index in [0.717, 1.165) is 17.6 Å². The number of aromatic nitrogens is 2. The predicted octanol–water partition coefficient (Wildman–Crippen LogP) is 1.53. The summed E-state index contributed by atoms with van der Waals surface area (Å²) in [4.78, 5) is 57.0. The van der Waals surface area contributed by atoms with Gasteiger partial charge < -0.3 is 24.4 Å². The molecule has 247 valence electrons. The Morgan fingerprint density at radius 2 is 1.75 bits per heavy atom. The average molecular weight is 777 g/mol. The molecule has 23 heteroatoms. The molecule has 3 amide bonds.